The quantitative estimate of drug-likeness (QED) is 0.567. The number of hydrogen-bond acceptors (Lipinski definition) is 8. The standard InChI is InChI=1S/C28H44N2O7/c1-9-25(4)16-17(31)28-26(5)18(34-23(36-28)29(7)8)12-13-24(2,3)20(26)19(21(32)27(28,6)37-25)35-22(33)30-14-10-11-15-30/h9,18-21,23,32H,1,10-16H2,2-8H3/t18-,19-,20-,21-,23?,25-,26-,27+,28-/m0/s1. The van der Waals surface area contributed by atoms with Crippen LogP contribution in [0.2, 0.25) is 0 Å². The van der Waals surface area contributed by atoms with Crippen LogP contribution in [0, 0.1) is 16.7 Å². The van der Waals surface area contributed by atoms with Gasteiger partial charge in [-0.2, -0.15) is 0 Å². The Bertz CT molecular complexity index is 980. The van der Waals surface area contributed by atoms with E-state index >= 15 is 0 Å². The molecule has 0 aromatic carbocycles. The predicted octanol–water partition coefficient (Wildman–Crippen LogP) is 3.10. The number of likely N-dealkylation sites (tertiary alicyclic amines) is 1. The minimum atomic E-state index is -1.53. The molecule has 3 heterocycles. The maximum atomic E-state index is 14.5. The van der Waals surface area contributed by atoms with Gasteiger partial charge in [0.1, 0.15) is 17.8 Å². The summed E-state index contributed by atoms with van der Waals surface area (Å²) in [5.41, 5.74) is -5.40. The lowest BCUT2D eigenvalue weighted by Crippen LogP contribution is -2.89. The number of amides is 1. The summed E-state index contributed by atoms with van der Waals surface area (Å²) in [4.78, 5) is 31.3. The zero-order chi connectivity index (χ0) is 27.2. The molecule has 3 aliphatic heterocycles. The molecule has 0 radical (unpaired) electrons. The lowest BCUT2D eigenvalue weighted by Gasteiger charge is -2.74. The number of carbonyl (C=O) groups excluding carboxylic acids is 2. The third-order valence-corrected chi connectivity index (χ3v) is 10.2. The molecule has 9 heteroatoms. The Morgan fingerprint density at radius 3 is 2.43 bits per heavy atom. The molecule has 9 atom stereocenters. The van der Waals surface area contributed by atoms with E-state index in [1.165, 1.54) is 0 Å². The van der Waals surface area contributed by atoms with E-state index in [2.05, 4.69) is 20.4 Å². The van der Waals surface area contributed by atoms with E-state index in [0.29, 0.717) is 19.5 Å². The number of ether oxygens (including phenoxy) is 4. The molecule has 2 aliphatic carbocycles. The lowest BCUT2D eigenvalue weighted by molar-refractivity contribution is -0.456. The van der Waals surface area contributed by atoms with Crippen LogP contribution >= 0.6 is 0 Å². The molecule has 0 bridgehead atoms. The summed E-state index contributed by atoms with van der Waals surface area (Å²) in [5, 5.41) is 12.2. The van der Waals surface area contributed by atoms with E-state index < -0.39 is 52.9 Å². The van der Waals surface area contributed by atoms with Crippen LogP contribution in [0.1, 0.15) is 66.7 Å². The van der Waals surface area contributed by atoms with Gasteiger partial charge in [-0.15, -0.1) is 6.58 Å². The van der Waals surface area contributed by atoms with Crippen LogP contribution in [0.25, 0.3) is 0 Å². The van der Waals surface area contributed by atoms with Crippen LogP contribution in [0.3, 0.4) is 0 Å². The average molecular weight is 521 g/mol. The van der Waals surface area contributed by atoms with Gasteiger partial charge in [0.2, 0.25) is 6.41 Å². The fourth-order valence-corrected chi connectivity index (χ4v) is 8.52. The van der Waals surface area contributed by atoms with Crippen molar-refractivity contribution in [2.45, 2.75) is 108 Å². The number of hydrogen-bond donors (Lipinski definition) is 1. The molecular weight excluding hydrogens is 476 g/mol. The number of rotatable bonds is 3. The van der Waals surface area contributed by atoms with Crippen LogP contribution < -0.4 is 0 Å². The third-order valence-electron chi connectivity index (χ3n) is 10.2. The molecule has 1 amide bonds. The number of ketones is 1. The maximum absolute atomic E-state index is 14.5. The normalized spacial score (nSPS) is 48.8. The molecule has 0 aromatic heterocycles. The maximum Gasteiger partial charge on any atom is 0.410 e. The highest BCUT2D eigenvalue weighted by Crippen LogP contribution is 2.70. The molecule has 3 saturated heterocycles. The predicted molar refractivity (Wildman–Crippen MR) is 136 cm³/mol. The summed E-state index contributed by atoms with van der Waals surface area (Å²) in [6, 6.07) is 0. The van der Waals surface area contributed by atoms with Gasteiger partial charge in [-0.05, 0) is 59.0 Å². The first-order chi connectivity index (χ1) is 17.2. The van der Waals surface area contributed by atoms with Crippen molar-refractivity contribution in [2.75, 3.05) is 27.2 Å². The third kappa shape index (κ3) is 3.46. The molecule has 1 spiro atoms. The summed E-state index contributed by atoms with van der Waals surface area (Å²) in [6.07, 6.45) is 1.19. The van der Waals surface area contributed by atoms with Crippen LogP contribution in [-0.2, 0) is 23.7 Å². The number of aliphatic hydroxyl groups is 1. The Morgan fingerprint density at radius 2 is 1.84 bits per heavy atom. The number of nitrogens with zero attached hydrogens (tertiary/aromatic N) is 2. The van der Waals surface area contributed by atoms with Gasteiger partial charge < -0.3 is 29.0 Å². The second-order valence-corrected chi connectivity index (χ2v) is 13.3. The number of Topliss-reactive ketones (excluding diaryl/α,β-unsaturated/α-hetero) is 1. The van der Waals surface area contributed by atoms with Crippen LogP contribution in [-0.4, -0.2) is 95.5 Å². The van der Waals surface area contributed by atoms with Gasteiger partial charge in [-0.1, -0.05) is 26.8 Å². The molecule has 1 unspecified atom stereocenters. The molecule has 208 valence electrons. The molecule has 37 heavy (non-hydrogen) atoms. The first-order valence-corrected chi connectivity index (χ1v) is 13.7. The van der Waals surface area contributed by atoms with Crippen molar-refractivity contribution in [3.63, 3.8) is 0 Å². The Kier molecular flexibility index (Phi) is 6.21. The fourth-order valence-electron chi connectivity index (χ4n) is 8.52. The van der Waals surface area contributed by atoms with Gasteiger partial charge in [0.05, 0.1) is 11.7 Å². The van der Waals surface area contributed by atoms with Gasteiger partial charge >= 0.3 is 6.09 Å². The lowest BCUT2D eigenvalue weighted by atomic mass is 9.39. The highest BCUT2D eigenvalue weighted by molar-refractivity contribution is 5.93. The SMILES string of the molecule is C=C[C@@]1(C)CC(=O)[C@@]23OC(N(C)C)O[C@H]4CCC(C)(C)[C@H]([C@H](OC(=O)N5CCCC5)[C@H](O)[C@@]2(C)O1)[C@]43C. The number of aliphatic hydroxyl groups excluding tert-OH is 1. The van der Waals surface area contributed by atoms with E-state index in [9.17, 15) is 14.7 Å². The Labute approximate surface area is 220 Å². The fraction of sp³-hybridized carbons (Fsp3) is 0.857. The van der Waals surface area contributed by atoms with Crippen molar-refractivity contribution in [1.82, 2.24) is 9.80 Å². The monoisotopic (exact) mass is 520 g/mol. The van der Waals surface area contributed by atoms with E-state index in [4.69, 9.17) is 18.9 Å². The molecule has 5 aliphatic rings. The van der Waals surface area contributed by atoms with Gasteiger partial charge in [0.15, 0.2) is 11.4 Å². The van der Waals surface area contributed by atoms with Crippen molar-refractivity contribution < 1.29 is 33.6 Å². The Hall–Kier alpha value is -1.52. The van der Waals surface area contributed by atoms with Crippen LogP contribution in [0.15, 0.2) is 12.7 Å². The van der Waals surface area contributed by atoms with E-state index in [-0.39, 0.29) is 23.7 Å². The van der Waals surface area contributed by atoms with Crippen molar-refractivity contribution >= 4 is 11.9 Å². The Morgan fingerprint density at radius 1 is 1.19 bits per heavy atom. The van der Waals surface area contributed by atoms with Gasteiger partial charge in [-0.25, -0.2) is 4.79 Å². The summed E-state index contributed by atoms with van der Waals surface area (Å²) < 4.78 is 26.2. The highest BCUT2D eigenvalue weighted by Gasteiger charge is 2.84. The molecule has 2 saturated carbocycles. The summed E-state index contributed by atoms with van der Waals surface area (Å²) >= 11 is 0. The van der Waals surface area contributed by atoms with Crippen LogP contribution in [0.4, 0.5) is 4.79 Å². The summed E-state index contributed by atoms with van der Waals surface area (Å²) in [6.45, 7) is 15.0. The topological polar surface area (TPSA) is 97.8 Å². The average Bonchev–Trinajstić information content (AvgIpc) is 3.35. The van der Waals surface area contributed by atoms with Gasteiger partial charge in [-0.3, -0.25) is 9.69 Å². The minimum absolute atomic E-state index is 0.0622. The van der Waals surface area contributed by atoms with Crippen LogP contribution in [0.5, 0.6) is 0 Å². The first-order valence-electron chi connectivity index (χ1n) is 13.7. The second kappa shape index (κ2) is 8.49. The molecule has 5 fully saturated rings. The molecular formula is C28H44N2O7. The zero-order valence-corrected chi connectivity index (χ0v) is 23.4. The van der Waals surface area contributed by atoms with E-state index in [1.807, 2.05) is 21.0 Å². The van der Waals surface area contributed by atoms with E-state index in [0.717, 1.165) is 19.3 Å². The van der Waals surface area contributed by atoms with E-state index in [1.54, 1.807) is 29.7 Å². The second-order valence-electron chi connectivity index (χ2n) is 13.3. The van der Waals surface area contributed by atoms with Crippen molar-refractivity contribution in [2.24, 2.45) is 16.7 Å². The van der Waals surface area contributed by atoms with Gasteiger partial charge in [0.25, 0.3) is 0 Å². The zero-order valence-electron chi connectivity index (χ0n) is 23.4. The van der Waals surface area contributed by atoms with Crippen molar-refractivity contribution in [3.05, 3.63) is 12.7 Å². The van der Waals surface area contributed by atoms with Gasteiger partial charge in [0, 0.05) is 30.8 Å². The summed E-state index contributed by atoms with van der Waals surface area (Å²) in [5.74, 6) is -0.561. The first kappa shape index (κ1) is 27.1. The molecule has 0 aromatic rings. The molecule has 9 nitrogen and oxygen atoms in total. The molecule has 1 N–H and O–H groups in total. The largest absolute Gasteiger partial charge is 0.443 e. The van der Waals surface area contributed by atoms with Crippen molar-refractivity contribution in [3.8, 4) is 0 Å². The minimum Gasteiger partial charge on any atom is -0.443 e. The highest BCUT2D eigenvalue weighted by atomic mass is 16.7. The number of carbonyl (C=O) groups is 2. The van der Waals surface area contributed by atoms with Crippen molar-refractivity contribution in [1.29, 1.82) is 0 Å². The molecule has 5 rings (SSSR count). The summed E-state index contributed by atoms with van der Waals surface area (Å²) in [7, 11) is 3.68. The Balaban J connectivity index is 1.72. The smallest absolute Gasteiger partial charge is 0.410 e.